The number of hydrogen-bond acceptors (Lipinski definition) is 3. The Balaban J connectivity index is 2.82. The van der Waals surface area contributed by atoms with Crippen LogP contribution < -0.4 is 4.74 Å². The van der Waals surface area contributed by atoms with E-state index in [2.05, 4.69) is 0 Å². The Hall–Kier alpha value is -1.26. The highest BCUT2D eigenvalue weighted by molar-refractivity contribution is 6.33. The van der Waals surface area contributed by atoms with E-state index in [0.717, 1.165) is 0 Å². The molecule has 0 aromatic heterocycles. The van der Waals surface area contributed by atoms with Crippen molar-refractivity contribution in [1.82, 2.24) is 0 Å². The third-order valence-corrected chi connectivity index (χ3v) is 2.24. The minimum absolute atomic E-state index is 0.0313. The number of hydrogen-bond donors (Lipinski definition) is 1. The first-order valence-corrected chi connectivity index (χ1v) is 5.11. The van der Waals surface area contributed by atoms with Crippen molar-refractivity contribution in [2.75, 3.05) is 13.7 Å². The summed E-state index contributed by atoms with van der Waals surface area (Å²) in [7, 11) is 1.57. The molecule has 0 aliphatic rings. The molecule has 0 saturated carbocycles. The normalized spacial score (nSPS) is 12.2. The Morgan fingerprint density at radius 1 is 1.56 bits per heavy atom. The summed E-state index contributed by atoms with van der Waals surface area (Å²) >= 11 is 5.73. The standard InChI is InChI=1S/C11H13ClO4/c1-7(6-15-2)16-8-3-4-10(12)9(5-8)11(13)14/h3-5,7H,6H2,1-2H3,(H,13,14). The van der Waals surface area contributed by atoms with Gasteiger partial charge in [0.15, 0.2) is 0 Å². The van der Waals surface area contributed by atoms with Gasteiger partial charge in [0.25, 0.3) is 0 Å². The molecular formula is C11H13ClO4. The van der Waals surface area contributed by atoms with Crippen LogP contribution in [0, 0.1) is 0 Å². The molecule has 0 bridgehead atoms. The lowest BCUT2D eigenvalue weighted by atomic mass is 10.2. The number of carboxylic acids is 1. The fraction of sp³-hybridized carbons (Fsp3) is 0.364. The number of carboxylic acid groups (broad SMARTS) is 1. The third-order valence-electron chi connectivity index (χ3n) is 1.91. The molecule has 0 amide bonds. The molecule has 5 heteroatoms. The van der Waals surface area contributed by atoms with E-state index in [-0.39, 0.29) is 16.7 Å². The van der Waals surface area contributed by atoms with Gasteiger partial charge in [0.05, 0.1) is 17.2 Å². The van der Waals surface area contributed by atoms with Gasteiger partial charge in [-0.3, -0.25) is 0 Å². The van der Waals surface area contributed by atoms with Gasteiger partial charge in [-0.05, 0) is 25.1 Å². The van der Waals surface area contributed by atoms with E-state index in [1.165, 1.54) is 12.1 Å². The summed E-state index contributed by atoms with van der Waals surface area (Å²) in [6.07, 6.45) is -0.146. The summed E-state index contributed by atoms with van der Waals surface area (Å²) in [6, 6.07) is 4.53. The van der Waals surface area contributed by atoms with Gasteiger partial charge >= 0.3 is 5.97 Å². The van der Waals surface area contributed by atoms with Crippen molar-refractivity contribution in [1.29, 1.82) is 0 Å². The Labute approximate surface area is 98.7 Å². The van der Waals surface area contributed by atoms with E-state index < -0.39 is 5.97 Å². The van der Waals surface area contributed by atoms with Crippen LogP contribution >= 0.6 is 11.6 Å². The summed E-state index contributed by atoms with van der Waals surface area (Å²) in [5.74, 6) is -0.610. The highest BCUT2D eigenvalue weighted by Crippen LogP contribution is 2.22. The second-order valence-corrected chi connectivity index (χ2v) is 3.74. The van der Waals surface area contributed by atoms with E-state index in [1.807, 2.05) is 6.92 Å². The number of ether oxygens (including phenoxy) is 2. The summed E-state index contributed by atoms with van der Waals surface area (Å²) in [6.45, 7) is 2.27. The largest absolute Gasteiger partial charge is 0.488 e. The molecule has 0 spiro atoms. The van der Waals surface area contributed by atoms with E-state index in [4.69, 9.17) is 26.2 Å². The summed E-state index contributed by atoms with van der Waals surface area (Å²) < 4.78 is 10.4. The summed E-state index contributed by atoms with van der Waals surface area (Å²) in [5.41, 5.74) is 0.0313. The van der Waals surface area contributed by atoms with Crippen LogP contribution in [0.1, 0.15) is 17.3 Å². The molecule has 1 unspecified atom stereocenters. The molecule has 4 nitrogen and oxygen atoms in total. The van der Waals surface area contributed by atoms with Crippen molar-refractivity contribution in [3.05, 3.63) is 28.8 Å². The van der Waals surface area contributed by atoms with Crippen molar-refractivity contribution < 1.29 is 19.4 Å². The average molecular weight is 245 g/mol. The topological polar surface area (TPSA) is 55.8 Å². The van der Waals surface area contributed by atoms with Gasteiger partial charge in [-0.15, -0.1) is 0 Å². The van der Waals surface area contributed by atoms with Crippen molar-refractivity contribution in [2.24, 2.45) is 0 Å². The average Bonchev–Trinajstić information content (AvgIpc) is 2.21. The van der Waals surface area contributed by atoms with Crippen LogP contribution in [0.15, 0.2) is 18.2 Å². The monoisotopic (exact) mass is 244 g/mol. The fourth-order valence-electron chi connectivity index (χ4n) is 1.24. The van der Waals surface area contributed by atoms with E-state index in [9.17, 15) is 4.79 Å². The maximum atomic E-state index is 10.8. The zero-order chi connectivity index (χ0) is 12.1. The minimum Gasteiger partial charge on any atom is -0.488 e. The van der Waals surface area contributed by atoms with E-state index in [1.54, 1.807) is 13.2 Å². The SMILES string of the molecule is COCC(C)Oc1ccc(Cl)c(C(=O)O)c1. The summed E-state index contributed by atoms with van der Waals surface area (Å²) in [4.78, 5) is 10.8. The quantitative estimate of drug-likeness (QED) is 0.864. The van der Waals surface area contributed by atoms with Gasteiger partial charge in [-0.1, -0.05) is 11.6 Å². The first-order chi connectivity index (χ1) is 7.54. The fourth-order valence-corrected chi connectivity index (χ4v) is 1.44. The van der Waals surface area contributed by atoms with Crippen LogP contribution in [-0.4, -0.2) is 30.9 Å². The molecule has 0 saturated heterocycles. The first-order valence-electron chi connectivity index (χ1n) is 4.73. The Morgan fingerprint density at radius 3 is 2.81 bits per heavy atom. The zero-order valence-electron chi connectivity index (χ0n) is 9.07. The Kier molecular flexibility index (Phi) is 4.58. The maximum absolute atomic E-state index is 10.8. The van der Waals surface area contributed by atoms with Gasteiger partial charge in [0.2, 0.25) is 0 Å². The van der Waals surface area contributed by atoms with E-state index >= 15 is 0 Å². The molecule has 16 heavy (non-hydrogen) atoms. The molecule has 1 aromatic carbocycles. The van der Waals surface area contributed by atoms with Crippen molar-refractivity contribution in [3.63, 3.8) is 0 Å². The molecular weight excluding hydrogens is 232 g/mol. The molecule has 1 aromatic rings. The van der Waals surface area contributed by atoms with Gasteiger partial charge in [0.1, 0.15) is 11.9 Å². The molecule has 88 valence electrons. The van der Waals surface area contributed by atoms with Crippen LogP contribution in [0.25, 0.3) is 0 Å². The predicted molar refractivity (Wildman–Crippen MR) is 60.4 cm³/mol. The number of aromatic carboxylic acids is 1. The molecule has 0 radical (unpaired) electrons. The first kappa shape index (κ1) is 12.8. The lowest BCUT2D eigenvalue weighted by molar-refractivity contribution is 0.0694. The van der Waals surface area contributed by atoms with Crippen LogP contribution in [-0.2, 0) is 4.74 Å². The molecule has 1 N–H and O–H groups in total. The van der Waals surface area contributed by atoms with Crippen LogP contribution in [0.5, 0.6) is 5.75 Å². The van der Waals surface area contributed by atoms with Crippen LogP contribution in [0.2, 0.25) is 5.02 Å². The second-order valence-electron chi connectivity index (χ2n) is 3.33. The Bertz CT molecular complexity index is 378. The molecule has 1 atom stereocenters. The number of halogens is 1. The maximum Gasteiger partial charge on any atom is 0.337 e. The van der Waals surface area contributed by atoms with Crippen molar-refractivity contribution in [3.8, 4) is 5.75 Å². The zero-order valence-corrected chi connectivity index (χ0v) is 9.82. The van der Waals surface area contributed by atoms with Gasteiger partial charge in [-0.2, -0.15) is 0 Å². The lowest BCUT2D eigenvalue weighted by Gasteiger charge is -2.14. The molecule has 0 heterocycles. The van der Waals surface area contributed by atoms with Crippen LogP contribution in [0.4, 0.5) is 0 Å². The predicted octanol–water partition coefficient (Wildman–Crippen LogP) is 2.45. The Morgan fingerprint density at radius 2 is 2.25 bits per heavy atom. The summed E-state index contributed by atoms with van der Waals surface area (Å²) in [5, 5.41) is 9.06. The van der Waals surface area contributed by atoms with Crippen molar-refractivity contribution in [2.45, 2.75) is 13.0 Å². The number of carbonyl (C=O) groups is 1. The molecule has 0 aliphatic carbocycles. The lowest BCUT2D eigenvalue weighted by Crippen LogP contribution is -2.18. The smallest absolute Gasteiger partial charge is 0.337 e. The third kappa shape index (κ3) is 3.40. The van der Waals surface area contributed by atoms with Gasteiger partial charge in [0, 0.05) is 7.11 Å². The van der Waals surface area contributed by atoms with Crippen molar-refractivity contribution >= 4 is 17.6 Å². The van der Waals surface area contributed by atoms with Crippen LogP contribution in [0.3, 0.4) is 0 Å². The highest BCUT2D eigenvalue weighted by atomic mass is 35.5. The molecule has 0 aliphatic heterocycles. The minimum atomic E-state index is -1.07. The number of methoxy groups -OCH3 is 1. The highest BCUT2D eigenvalue weighted by Gasteiger charge is 2.11. The van der Waals surface area contributed by atoms with E-state index in [0.29, 0.717) is 12.4 Å². The second kappa shape index (κ2) is 5.72. The number of rotatable bonds is 5. The molecule has 0 fully saturated rings. The van der Waals surface area contributed by atoms with Gasteiger partial charge < -0.3 is 14.6 Å². The number of benzene rings is 1. The van der Waals surface area contributed by atoms with Gasteiger partial charge in [-0.25, -0.2) is 4.79 Å². The molecule has 1 rings (SSSR count).